The van der Waals surface area contributed by atoms with Crippen LogP contribution in [0.5, 0.6) is 0 Å². The molecule has 2 aromatic heterocycles. The number of hydrogen-bond acceptors (Lipinski definition) is 7. The SMILES string of the molecule is CC[C@H](Sc1nc(-c2cccc(C)c2)nc2c1c(=O)n(C)c(=O)n2C)C(=O)[O-]. The van der Waals surface area contributed by atoms with E-state index in [0.29, 0.717) is 17.8 Å². The normalized spacial score (nSPS) is 12.3. The third kappa shape index (κ3) is 3.45. The van der Waals surface area contributed by atoms with Gasteiger partial charge >= 0.3 is 5.69 Å². The number of carbonyl (C=O) groups excluding carboxylic acids is 1. The van der Waals surface area contributed by atoms with Gasteiger partial charge < -0.3 is 9.90 Å². The molecule has 1 aromatic carbocycles. The maximum absolute atomic E-state index is 12.8. The Morgan fingerprint density at radius 2 is 1.93 bits per heavy atom. The van der Waals surface area contributed by atoms with E-state index in [1.54, 1.807) is 6.92 Å². The van der Waals surface area contributed by atoms with Crippen molar-refractivity contribution in [2.75, 3.05) is 0 Å². The molecule has 0 saturated carbocycles. The number of aryl methyl sites for hydroxylation is 2. The van der Waals surface area contributed by atoms with E-state index in [2.05, 4.69) is 9.97 Å². The maximum Gasteiger partial charge on any atom is 0.332 e. The number of aromatic nitrogens is 4. The van der Waals surface area contributed by atoms with E-state index in [-0.39, 0.29) is 16.1 Å². The lowest BCUT2D eigenvalue weighted by Crippen LogP contribution is -2.38. The van der Waals surface area contributed by atoms with Crippen molar-refractivity contribution in [1.29, 1.82) is 0 Å². The highest BCUT2D eigenvalue weighted by Gasteiger charge is 2.21. The molecule has 0 fully saturated rings. The molecule has 0 radical (unpaired) electrons. The molecule has 0 bridgehead atoms. The highest BCUT2D eigenvalue weighted by molar-refractivity contribution is 8.00. The standard InChI is InChI=1S/C19H20N4O4S/c1-5-12(18(25)26)28-16-13-15(22(3)19(27)23(4)17(13)24)20-14(21-16)11-8-6-7-10(2)9-11/h6-9,12H,5H2,1-4H3,(H,25,26)/p-1/t12-/m0/s1. The second kappa shape index (κ2) is 7.59. The first-order chi connectivity index (χ1) is 13.2. The fourth-order valence-corrected chi connectivity index (χ4v) is 3.83. The molecule has 0 aliphatic heterocycles. The average Bonchev–Trinajstić information content (AvgIpc) is 2.67. The van der Waals surface area contributed by atoms with E-state index < -0.39 is 22.5 Å². The molecule has 0 aliphatic rings. The number of carbonyl (C=O) groups is 1. The zero-order valence-corrected chi connectivity index (χ0v) is 16.7. The number of carboxylic acid groups (broad SMARTS) is 1. The molecule has 0 N–H and O–H groups in total. The minimum atomic E-state index is -1.24. The van der Waals surface area contributed by atoms with E-state index in [9.17, 15) is 19.5 Å². The Hall–Kier alpha value is -2.94. The second-order valence-electron chi connectivity index (χ2n) is 6.46. The van der Waals surface area contributed by atoms with Crippen LogP contribution >= 0.6 is 11.8 Å². The number of fused-ring (bicyclic) bond motifs is 1. The predicted octanol–water partition coefficient (Wildman–Crippen LogP) is 0.623. The van der Waals surface area contributed by atoms with Crippen LogP contribution in [0.4, 0.5) is 0 Å². The van der Waals surface area contributed by atoms with Crippen LogP contribution in [0.3, 0.4) is 0 Å². The van der Waals surface area contributed by atoms with Crippen LogP contribution in [-0.4, -0.2) is 30.3 Å². The Morgan fingerprint density at radius 1 is 1.21 bits per heavy atom. The van der Waals surface area contributed by atoms with E-state index >= 15 is 0 Å². The van der Waals surface area contributed by atoms with Crippen LogP contribution in [0.15, 0.2) is 38.9 Å². The number of aliphatic carboxylic acids is 1. The fraction of sp³-hybridized carbons (Fsp3) is 0.316. The molecule has 0 saturated heterocycles. The molecule has 3 aromatic rings. The van der Waals surface area contributed by atoms with E-state index in [4.69, 9.17) is 0 Å². The van der Waals surface area contributed by atoms with Crippen molar-refractivity contribution in [3.63, 3.8) is 0 Å². The van der Waals surface area contributed by atoms with Gasteiger partial charge in [0.1, 0.15) is 10.4 Å². The lowest BCUT2D eigenvalue weighted by Gasteiger charge is -2.17. The minimum absolute atomic E-state index is 0.116. The summed E-state index contributed by atoms with van der Waals surface area (Å²) in [6.07, 6.45) is 0.296. The smallest absolute Gasteiger partial charge is 0.332 e. The van der Waals surface area contributed by atoms with Crippen molar-refractivity contribution in [3.8, 4) is 11.4 Å². The van der Waals surface area contributed by atoms with Crippen molar-refractivity contribution < 1.29 is 9.90 Å². The monoisotopic (exact) mass is 399 g/mol. The van der Waals surface area contributed by atoms with Gasteiger partial charge in [-0.05, 0) is 19.4 Å². The summed E-state index contributed by atoms with van der Waals surface area (Å²) in [6.45, 7) is 3.64. The summed E-state index contributed by atoms with van der Waals surface area (Å²) in [5.41, 5.74) is 0.780. The Kier molecular flexibility index (Phi) is 5.37. The number of nitrogens with zero attached hydrogens (tertiary/aromatic N) is 4. The molecular weight excluding hydrogens is 380 g/mol. The third-order valence-electron chi connectivity index (χ3n) is 4.43. The van der Waals surface area contributed by atoms with Gasteiger partial charge in [-0.3, -0.25) is 13.9 Å². The molecule has 1 atom stereocenters. The minimum Gasteiger partial charge on any atom is -0.549 e. The predicted molar refractivity (Wildman–Crippen MR) is 105 cm³/mol. The first-order valence-electron chi connectivity index (χ1n) is 8.67. The molecule has 0 amide bonds. The molecule has 9 heteroatoms. The summed E-state index contributed by atoms with van der Waals surface area (Å²) in [7, 11) is 2.88. The van der Waals surface area contributed by atoms with Gasteiger partial charge in [-0.15, -0.1) is 0 Å². The summed E-state index contributed by atoms with van der Waals surface area (Å²) in [5, 5.41) is 10.9. The van der Waals surface area contributed by atoms with Gasteiger partial charge in [-0.25, -0.2) is 14.8 Å². The summed E-state index contributed by atoms with van der Waals surface area (Å²) in [6, 6.07) is 7.47. The highest BCUT2D eigenvalue weighted by Crippen LogP contribution is 2.30. The quantitative estimate of drug-likeness (QED) is 0.457. The van der Waals surface area contributed by atoms with Gasteiger partial charge in [0.2, 0.25) is 0 Å². The number of carboxylic acids is 1. The maximum atomic E-state index is 12.8. The topological polar surface area (TPSA) is 110 Å². The fourth-order valence-electron chi connectivity index (χ4n) is 2.86. The largest absolute Gasteiger partial charge is 0.549 e. The molecule has 146 valence electrons. The molecule has 2 heterocycles. The van der Waals surface area contributed by atoms with E-state index in [1.807, 2.05) is 31.2 Å². The van der Waals surface area contributed by atoms with Gasteiger partial charge in [-0.2, -0.15) is 0 Å². The molecule has 8 nitrogen and oxygen atoms in total. The van der Waals surface area contributed by atoms with Crippen molar-refractivity contribution in [1.82, 2.24) is 19.1 Å². The second-order valence-corrected chi connectivity index (χ2v) is 7.65. The molecule has 0 spiro atoms. The van der Waals surface area contributed by atoms with E-state index in [1.165, 1.54) is 18.7 Å². The van der Waals surface area contributed by atoms with Crippen molar-refractivity contribution in [3.05, 3.63) is 50.7 Å². The zero-order valence-electron chi connectivity index (χ0n) is 15.9. The van der Waals surface area contributed by atoms with Crippen LogP contribution in [0.2, 0.25) is 0 Å². The lowest BCUT2D eigenvalue weighted by molar-refractivity contribution is -0.304. The summed E-state index contributed by atoms with van der Waals surface area (Å²) in [4.78, 5) is 45.5. The number of hydrogen-bond donors (Lipinski definition) is 0. The lowest BCUT2D eigenvalue weighted by atomic mass is 10.1. The highest BCUT2D eigenvalue weighted by atomic mass is 32.2. The molecule has 0 aliphatic carbocycles. The van der Waals surface area contributed by atoms with Gasteiger partial charge in [0.05, 0.1) is 11.2 Å². The van der Waals surface area contributed by atoms with Crippen molar-refractivity contribution in [2.24, 2.45) is 14.1 Å². The van der Waals surface area contributed by atoms with Crippen LogP contribution in [0, 0.1) is 6.92 Å². The van der Waals surface area contributed by atoms with Gasteiger partial charge in [0.15, 0.2) is 11.5 Å². The molecule has 0 unspecified atom stereocenters. The van der Waals surface area contributed by atoms with E-state index in [0.717, 1.165) is 21.9 Å². The van der Waals surface area contributed by atoms with Crippen LogP contribution in [0.25, 0.3) is 22.4 Å². The zero-order chi connectivity index (χ0) is 20.6. The third-order valence-corrected chi connectivity index (χ3v) is 5.76. The van der Waals surface area contributed by atoms with Crippen molar-refractivity contribution in [2.45, 2.75) is 30.5 Å². The Morgan fingerprint density at radius 3 is 2.54 bits per heavy atom. The first kappa shape index (κ1) is 19.8. The number of thioether (sulfide) groups is 1. The Bertz CT molecular complexity index is 1200. The summed E-state index contributed by atoms with van der Waals surface area (Å²) in [5.74, 6) is -0.923. The average molecular weight is 399 g/mol. The van der Waals surface area contributed by atoms with Crippen LogP contribution in [0.1, 0.15) is 18.9 Å². The van der Waals surface area contributed by atoms with Gasteiger partial charge in [0, 0.05) is 19.7 Å². The Balaban J connectivity index is 2.39. The molecule has 3 rings (SSSR count). The van der Waals surface area contributed by atoms with Crippen LogP contribution in [-0.2, 0) is 18.9 Å². The summed E-state index contributed by atoms with van der Waals surface area (Å²) < 4.78 is 2.23. The van der Waals surface area contributed by atoms with Gasteiger partial charge in [-0.1, -0.05) is 42.4 Å². The summed E-state index contributed by atoms with van der Waals surface area (Å²) >= 11 is 0.935. The number of rotatable bonds is 5. The van der Waals surface area contributed by atoms with Gasteiger partial charge in [0.25, 0.3) is 5.56 Å². The number of benzene rings is 1. The first-order valence-corrected chi connectivity index (χ1v) is 9.54. The van der Waals surface area contributed by atoms with Crippen LogP contribution < -0.4 is 16.4 Å². The van der Waals surface area contributed by atoms with Crippen molar-refractivity contribution >= 4 is 28.8 Å². The molecule has 28 heavy (non-hydrogen) atoms. The Labute approximate surface area is 164 Å². The molecular formula is C19H19N4O4S-.